The van der Waals surface area contributed by atoms with Crippen LogP contribution in [0.25, 0.3) is 0 Å². The van der Waals surface area contributed by atoms with Gasteiger partial charge in [-0.15, -0.1) is 0 Å². The maximum Gasteiger partial charge on any atom is 0.324 e. The number of nitrogens with one attached hydrogen (secondary N) is 1. The van der Waals surface area contributed by atoms with Crippen LogP contribution in [0, 0.1) is 10.8 Å². The van der Waals surface area contributed by atoms with Crippen LogP contribution in [0.15, 0.2) is 0 Å². The summed E-state index contributed by atoms with van der Waals surface area (Å²) in [5.41, 5.74) is -0.0815. The lowest BCUT2D eigenvalue weighted by Crippen LogP contribution is -2.39. The van der Waals surface area contributed by atoms with Gasteiger partial charge in [0.1, 0.15) is 6.04 Å². The minimum Gasteiger partial charge on any atom is -0.396 e. The molecule has 27 heavy (non-hydrogen) atoms. The van der Waals surface area contributed by atoms with Gasteiger partial charge in [-0.2, -0.15) is 0 Å². The number of ether oxygens (including phenoxy) is 1. The molecule has 0 aromatic carbocycles. The predicted octanol–water partition coefficient (Wildman–Crippen LogP) is 3.72. The van der Waals surface area contributed by atoms with Gasteiger partial charge in [0, 0.05) is 26.4 Å². The van der Waals surface area contributed by atoms with Gasteiger partial charge in [0.25, 0.3) is 5.91 Å². The number of amides is 3. The minimum atomic E-state index is -0.357. The second kappa shape index (κ2) is 11.0. The molecule has 1 saturated heterocycles. The summed E-state index contributed by atoms with van der Waals surface area (Å²) in [7, 11) is 0. The quantitative estimate of drug-likeness (QED) is 0.353. The van der Waals surface area contributed by atoms with Gasteiger partial charge in [-0.3, -0.25) is 9.69 Å². The summed E-state index contributed by atoms with van der Waals surface area (Å²) in [6, 6.07) is -0.614. The van der Waals surface area contributed by atoms with Crippen LogP contribution in [0.2, 0.25) is 0 Å². The molecule has 0 saturated carbocycles. The van der Waals surface area contributed by atoms with E-state index < -0.39 is 0 Å². The van der Waals surface area contributed by atoms with E-state index in [9.17, 15) is 14.7 Å². The predicted molar refractivity (Wildman–Crippen MR) is 107 cm³/mol. The fraction of sp³-hybridized carbons (Fsp3) is 0.905. The van der Waals surface area contributed by atoms with Gasteiger partial charge < -0.3 is 15.2 Å². The molecule has 1 fully saturated rings. The number of imide groups is 1. The molecule has 3 amide bonds. The molecule has 0 aliphatic carbocycles. The Morgan fingerprint density at radius 3 is 2.04 bits per heavy atom. The van der Waals surface area contributed by atoms with Crippen molar-refractivity contribution >= 4 is 11.9 Å². The Kier molecular flexibility index (Phi) is 9.74. The molecule has 0 bridgehead atoms. The SMILES string of the molecule is CCC1NC(=O)N(CC(C)(C)CCCCOCCCCC(C)(C)CO)C1=O. The number of carbonyl (C=O) groups is 2. The smallest absolute Gasteiger partial charge is 0.324 e. The standard InChI is InChI=1S/C21H40N2O4/c1-6-17-18(25)23(19(26)22-17)15-20(2,3)11-7-9-13-27-14-10-8-12-21(4,5)16-24/h17,24H,6-16H2,1-5H3,(H,22,26). The zero-order valence-corrected chi connectivity index (χ0v) is 18.0. The number of hydrogen-bond acceptors (Lipinski definition) is 4. The van der Waals surface area contributed by atoms with E-state index in [1.165, 1.54) is 4.90 Å². The summed E-state index contributed by atoms with van der Waals surface area (Å²) in [5, 5.41) is 12.0. The summed E-state index contributed by atoms with van der Waals surface area (Å²) in [6.07, 6.45) is 6.72. The highest BCUT2D eigenvalue weighted by atomic mass is 16.5. The number of rotatable bonds is 14. The second-order valence-electron chi connectivity index (χ2n) is 9.35. The maximum absolute atomic E-state index is 12.2. The summed E-state index contributed by atoms with van der Waals surface area (Å²) >= 11 is 0. The van der Waals surface area contributed by atoms with Crippen molar-refractivity contribution in [3.8, 4) is 0 Å². The molecule has 0 aromatic heterocycles. The number of aliphatic hydroxyl groups is 1. The van der Waals surface area contributed by atoms with Crippen LogP contribution >= 0.6 is 0 Å². The van der Waals surface area contributed by atoms with E-state index in [1.807, 2.05) is 6.92 Å². The molecule has 1 unspecified atom stereocenters. The average molecular weight is 385 g/mol. The largest absolute Gasteiger partial charge is 0.396 e. The normalized spacial score (nSPS) is 18.3. The van der Waals surface area contributed by atoms with Gasteiger partial charge in [0.15, 0.2) is 0 Å². The molecule has 6 heteroatoms. The van der Waals surface area contributed by atoms with Crippen LogP contribution in [-0.4, -0.2) is 54.4 Å². The molecule has 0 aromatic rings. The van der Waals surface area contributed by atoms with Crippen LogP contribution in [0.1, 0.15) is 79.6 Å². The average Bonchev–Trinajstić information content (AvgIpc) is 2.87. The molecule has 6 nitrogen and oxygen atoms in total. The monoisotopic (exact) mass is 384 g/mol. The number of nitrogens with zero attached hydrogens (tertiary/aromatic N) is 1. The number of carbonyl (C=O) groups excluding carboxylic acids is 2. The molecule has 1 aliphatic heterocycles. The molecule has 1 heterocycles. The summed E-state index contributed by atoms with van der Waals surface area (Å²) in [5.74, 6) is -0.0942. The Balaban J connectivity index is 2.13. The topological polar surface area (TPSA) is 78.9 Å². The van der Waals surface area contributed by atoms with E-state index in [-0.39, 0.29) is 35.4 Å². The highest BCUT2D eigenvalue weighted by Crippen LogP contribution is 2.26. The number of urea groups is 1. The first-order valence-electron chi connectivity index (χ1n) is 10.4. The molecule has 1 aliphatic rings. The maximum atomic E-state index is 12.2. The Bertz CT molecular complexity index is 477. The lowest BCUT2D eigenvalue weighted by molar-refractivity contribution is -0.128. The van der Waals surface area contributed by atoms with Gasteiger partial charge in [0.05, 0.1) is 0 Å². The molecule has 2 N–H and O–H groups in total. The van der Waals surface area contributed by atoms with Gasteiger partial charge in [-0.05, 0) is 42.9 Å². The van der Waals surface area contributed by atoms with Crippen LogP contribution in [0.5, 0.6) is 0 Å². The van der Waals surface area contributed by atoms with Crippen molar-refractivity contribution in [1.29, 1.82) is 0 Å². The third-order valence-corrected chi connectivity index (χ3v) is 5.31. The summed E-state index contributed by atoms with van der Waals surface area (Å²) in [6.45, 7) is 12.5. The third kappa shape index (κ3) is 8.60. The van der Waals surface area contributed by atoms with Crippen molar-refractivity contribution in [3.05, 3.63) is 0 Å². The Hall–Kier alpha value is -1.14. The van der Waals surface area contributed by atoms with E-state index in [1.54, 1.807) is 0 Å². The number of hydrogen-bond donors (Lipinski definition) is 2. The van der Waals surface area contributed by atoms with E-state index in [0.29, 0.717) is 13.0 Å². The van der Waals surface area contributed by atoms with Gasteiger partial charge in [-0.25, -0.2) is 4.79 Å². The molecule has 0 spiro atoms. The van der Waals surface area contributed by atoms with E-state index in [2.05, 4.69) is 33.0 Å². The van der Waals surface area contributed by atoms with Crippen LogP contribution in [-0.2, 0) is 9.53 Å². The van der Waals surface area contributed by atoms with Crippen molar-refractivity contribution in [2.75, 3.05) is 26.4 Å². The minimum absolute atomic E-state index is 0.0103. The van der Waals surface area contributed by atoms with Gasteiger partial charge >= 0.3 is 6.03 Å². The van der Waals surface area contributed by atoms with Crippen molar-refractivity contribution in [2.45, 2.75) is 85.6 Å². The zero-order valence-electron chi connectivity index (χ0n) is 18.0. The summed E-state index contributed by atoms with van der Waals surface area (Å²) in [4.78, 5) is 25.6. The van der Waals surface area contributed by atoms with Crippen molar-refractivity contribution < 1.29 is 19.4 Å². The van der Waals surface area contributed by atoms with E-state index in [0.717, 1.165) is 51.7 Å². The zero-order chi connectivity index (χ0) is 20.5. The number of aliphatic hydroxyl groups excluding tert-OH is 1. The lowest BCUT2D eigenvalue weighted by Gasteiger charge is -2.28. The first-order chi connectivity index (χ1) is 12.6. The Labute approximate surface area is 165 Å². The second-order valence-corrected chi connectivity index (χ2v) is 9.35. The van der Waals surface area contributed by atoms with Gasteiger partial charge in [-0.1, -0.05) is 47.5 Å². The molecule has 0 radical (unpaired) electrons. The van der Waals surface area contributed by atoms with Crippen LogP contribution < -0.4 is 5.32 Å². The fourth-order valence-electron chi connectivity index (χ4n) is 3.31. The molecule has 158 valence electrons. The molecular formula is C21H40N2O4. The van der Waals surface area contributed by atoms with E-state index >= 15 is 0 Å². The summed E-state index contributed by atoms with van der Waals surface area (Å²) < 4.78 is 5.70. The Morgan fingerprint density at radius 1 is 1.00 bits per heavy atom. The van der Waals surface area contributed by atoms with Crippen molar-refractivity contribution in [2.24, 2.45) is 10.8 Å². The molecular weight excluding hydrogens is 344 g/mol. The lowest BCUT2D eigenvalue weighted by atomic mass is 9.86. The van der Waals surface area contributed by atoms with Crippen LogP contribution in [0.4, 0.5) is 4.79 Å². The third-order valence-electron chi connectivity index (χ3n) is 5.31. The molecule has 1 rings (SSSR count). The van der Waals surface area contributed by atoms with Crippen molar-refractivity contribution in [3.63, 3.8) is 0 Å². The van der Waals surface area contributed by atoms with E-state index in [4.69, 9.17) is 4.74 Å². The molecule has 1 atom stereocenters. The first-order valence-corrected chi connectivity index (χ1v) is 10.4. The Morgan fingerprint density at radius 2 is 1.56 bits per heavy atom. The first kappa shape index (κ1) is 23.9. The van der Waals surface area contributed by atoms with Crippen molar-refractivity contribution in [1.82, 2.24) is 10.2 Å². The highest BCUT2D eigenvalue weighted by molar-refractivity contribution is 6.04. The van der Waals surface area contributed by atoms with Gasteiger partial charge in [0.2, 0.25) is 0 Å². The highest BCUT2D eigenvalue weighted by Gasteiger charge is 2.39. The van der Waals surface area contributed by atoms with Crippen LogP contribution in [0.3, 0.4) is 0 Å². The fourth-order valence-corrected chi connectivity index (χ4v) is 3.31. The number of unbranched alkanes of at least 4 members (excludes halogenated alkanes) is 2.